The van der Waals surface area contributed by atoms with Gasteiger partial charge in [-0.15, -0.1) is 0 Å². The standard InChI is InChI=1S/C13H12N2O5S/c1-19-9-4-2-3-7(11(9)20-6-10(16)17)5-8-12(18)15-13(21)14-8/h2-5H,6H2,1H3,(H,16,17)(H2,14,15,18,21)/p-1/b8-5-. The van der Waals surface area contributed by atoms with E-state index in [0.717, 1.165) is 0 Å². The normalized spacial score (nSPS) is 15.6. The van der Waals surface area contributed by atoms with Crippen molar-refractivity contribution in [1.29, 1.82) is 0 Å². The van der Waals surface area contributed by atoms with Gasteiger partial charge in [0.2, 0.25) is 0 Å². The number of hydrogen-bond donors (Lipinski definition) is 2. The van der Waals surface area contributed by atoms with Crippen LogP contribution < -0.4 is 25.2 Å². The summed E-state index contributed by atoms with van der Waals surface area (Å²) in [5, 5.41) is 15.8. The van der Waals surface area contributed by atoms with E-state index in [1.54, 1.807) is 18.2 Å². The second kappa shape index (κ2) is 6.23. The summed E-state index contributed by atoms with van der Waals surface area (Å²) < 4.78 is 10.3. The van der Waals surface area contributed by atoms with Crippen LogP contribution in [0.4, 0.5) is 0 Å². The first kappa shape index (κ1) is 14.8. The Morgan fingerprint density at radius 3 is 2.76 bits per heavy atom. The van der Waals surface area contributed by atoms with Crippen LogP contribution >= 0.6 is 12.2 Å². The number of carbonyl (C=O) groups excluding carboxylic acids is 2. The van der Waals surface area contributed by atoms with Crippen LogP contribution in [0.3, 0.4) is 0 Å². The van der Waals surface area contributed by atoms with Crippen LogP contribution in [0.2, 0.25) is 0 Å². The molecule has 0 bridgehead atoms. The summed E-state index contributed by atoms with van der Waals surface area (Å²) >= 11 is 4.83. The lowest BCUT2D eigenvalue weighted by Crippen LogP contribution is -2.29. The van der Waals surface area contributed by atoms with E-state index in [9.17, 15) is 14.7 Å². The minimum absolute atomic E-state index is 0.198. The molecule has 1 heterocycles. The molecule has 2 rings (SSSR count). The van der Waals surface area contributed by atoms with E-state index in [2.05, 4.69) is 10.6 Å². The summed E-state index contributed by atoms with van der Waals surface area (Å²) in [7, 11) is 1.42. The molecule has 0 unspecified atom stereocenters. The van der Waals surface area contributed by atoms with Gasteiger partial charge in [-0.3, -0.25) is 10.1 Å². The topological polar surface area (TPSA) is 99.7 Å². The fourth-order valence-electron chi connectivity index (χ4n) is 1.73. The smallest absolute Gasteiger partial charge is 0.273 e. The van der Waals surface area contributed by atoms with E-state index in [0.29, 0.717) is 11.3 Å². The number of aliphatic carboxylic acids is 1. The molecule has 0 radical (unpaired) electrons. The lowest BCUT2D eigenvalue weighted by Gasteiger charge is -2.13. The van der Waals surface area contributed by atoms with Gasteiger partial charge in [-0.05, 0) is 24.4 Å². The molecule has 0 aliphatic carbocycles. The van der Waals surface area contributed by atoms with Gasteiger partial charge in [-0.25, -0.2) is 0 Å². The Morgan fingerprint density at radius 1 is 1.43 bits per heavy atom. The van der Waals surface area contributed by atoms with Crippen LogP contribution in [0.15, 0.2) is 23.9 Å². The Balaban J connectivity index is 2.38. The number of carbonyl (C=O) groups is 2. The molecule has 1 aliphatic rings. The van der Waals surface area contributed by atoms with Crippen molar-refractivity contribution >= 4 is 35.3 Å². The highest BCUT2D eigenvalue weighted by atomic mass is 32.1. The molecule has 1 amide bonds. The molecule has 1 aliphatic heterocycles. The fraction of sp³-hybridized carbons (Fsp3) is 0.154. The third-order valence-electron chi connectivity index (χ3n) is 2.58. The lowest BCUT2D eigenvalue weighted by atomic mass is 10.1. The Kier molecular flexibility index (Phi) is 4.39. The molecular formula is C13H11N2O5S-. The van der Waals surface area contributed by atoms with E-state index in [1.165, 1.54) is 13.2 Å². The van der Waals surface area contributed by atoms with Crippen molar-refractivity contribution in [2.75, 3.05) is 13.7 Å². The third-order valence-corrected chi connectivity index (χ3v) is 2.79. The van der Waals surface area contributed by atoms with Gasteiger partial charge >= 0.3 is 0 Å². The van der Waals surface area contributed by atoms with Gasteiger partial charge in [0.25, 0.3) is 5.91 Å². The summed E-state index contributed by atoms with van der Waals surface area (Å²) in [5.74, 6) is -1.21. The summed E-state index contributed by atoms with van der Waals surface area (Å²) in [5.41, 5.74) is 0.699. The molecule has 1 fully saturated rings. The number of para-hydroxylation sites is 1. The van der Waals surface area contributed by atoms with Gasteiger partial charge in [0.05, 0.1) is 13.1 Å². The minimum atomic E-state index is -1.36. The van der Waals surface area contributed by atoms with Gasteiger partial charge in [0.15, 0.2) is 16.6 Å². The highest BCUT2D eigenvalue weighted by molar-refractivity contribution is 7.80. The zero-order chi connectivity index (χ0) is 15.4. The minimum Gasteiger partial charge on any atom is -0.546 e. The number of methoxy groups -OCH3 is 1. The maximum atomic E-state index is 11.6. The van der Waals surface area contributed by atoms with Gasteiger partial charge in [0.1, 0.15) is 12.3 Å². The summed E-state index contributed by atoms with van der Waals surface area (Å²) in [6, 6.07) is 4.94. The van der Waals surface area contributed by atoms with Crippen LogP contribution in [-0.2, 0) is 9.59 Å². The summed E-state index contributed by atoms with van der Waals surface area (Å²) in [6.07, 6.45) is 1.49. The molecule has 0 aromatic heterocycles. The van der Waals surface area contributed by atoms with E-state index in [4.69, 9.17) is 21.7 Å². The van der Waals surface area contributed by atoms with Crippen molar-refractivity contribution in [2.24, 2.45) is 0 Å². The second-order valence-electron chi connectivity index (χ2n) is 4.01. The first-order valence-corrected chi connectivity index (χ1v) is 6.25. The Bertz CT molecular complexity index is 641. The number of thiocarbonyl (C=S) groups is 1. The van der Waals surface area contributed by atoms with Crippen LogP contribution in [0, 0.1) is 0 Å². The average Bonchev–Trinajstić information content (AvgIpc) is 2.75. The maximum Gasteiger partial charge on any atom is 0.273 e. The van der Waals surface area contributed by atoms with E-state index in [1.807, 2.05) is 0 Å². The average molecular weight is 307 g/mol. The largest absolute Gasteiger partial charge is 0.546 e. The summed E-state index contributed by atoms with van der Waals surface area (Å²) in [4.78, 5) is 22.2. The quantitative estimate of drug-likeness (QED) is 0.541. The predicted octanol–water partition coefficient (Wildman–Crippen LogP) is -0.831. The molecule has 110 valence electrons. The number of rotatable bonds is 5. The second-order valence-corrected chi connectivity index (χ2v) is 4.41. The number of benzene rings is 1. The number of nitrogens with one attached hydrogen (secondary N) is 2. The molecule has 7 nitrogen and oxygen atoms in total. The van der Waals surface area contributed by atoms with Gasteiger partial charge in [0, 0.05) is 5.56 Å². The molecule has 1 saturated heterocycles. The zero-order valence-electron chi connectivity index (χ0n) is 11.0. The number of ether oxygens (including phenoxy) is 2. The lowest BCUT2D eigenvalue weighted by molar-refractivity contribution is -0.307. The van der Waals surface area contributed by atoms with E-state index < -0.39 is 12.6 Å². The molecular weight excluding hydrogens is 296 g/mol. The Hall–Kier alpha value is -2.61. The molecule has 8 heteroatoms. The SMILES string of the molecule is COc1cccc(/C=C2\NC(=S)NC2=O)c1OCC(=O)[O-]. The third kappa shape index (κ3) is 3.48. The molecule has 1 aromatic carbocycles. The number of hydrogen-bond acceptors (Lipinski definition) is 6. The Morgan fingerprint density at radius 2 is 2.19 bits per heavy atom. The van der Waals surface area contributed by atoms with Crippen LogP contribution in [-0.4, -0.2) is 30.7 Å². The molecule has 0 spiro atoms. The monoisotopic (exact) mass is 307 g/mol. The van der Waals surface area contributed by atoms with Crippen molar-refractivity contribution in [3.8, 4) is 11.5 Å². The van der Waals surface area contributed by atoms with Crippen molar-refractivity contribution in [3.05, 3.63) is 29.5 Å². The highest BCUT2D eigenvalue weighted by Crippen LogP contribution is 2.32. The van der Waals surface area contributed by atoms with Crippen molar-refractivity contribution in [3.63, 3.8) is 0 Å². The first-order chi connectivity index (χ1) is 10.0. The fourth-order valence-corrected chi connectivity index (χ4v) is 1.93. The van der Waals surface area contributed by atoms with Gasteiger partial charge in [-0.1, -0.05) is 12.1 Å². The number of carboxylic acids is 1. The van der Waals surface area contributed by atoms with Crippen molar-refractivity contribution in [2.45, 2.75) is 0 Å². The maximum absolute atomic E-state index is 11.6. The first-order valence-electron chi connectivity index (χ1n) is 5.85. The van der Waals surface area contributed by atoms with Crippen molar-refractivity contribution < 1.29 is 24.2 Å². The molecule has 2 N–H and O–H groups in total. The zero-order valence-corrected chi connectivity index (χ0v) is 11.8. The van der Waals surface area contributed by atoms with E-state index in [-0.39, 0.29) is 22.5 Å². The van der Waals surface area contributed by atoms with Gasteiger partial charge < -0.3 is 24.7 Å². The van der Waals surface area contributed by atoms with Gasteiger partial charge in [-0.2, -0.15) is 0 Å². The molecule has 0 atom stereocenters. The van der Waals surface area contributed by atoms with Crippen LogP contribution in [0.1, 0.15) is 5.56 Å². The number of amides is 1. The number of carboxylic acid groups (broad SMARTS) is 1. The van der Waals surface area contributed by atoms with Crippen molar-refractivity contribution in [1.82, 2.24) is 10.6 Å². The predicted molar refractivity (Wildman–Crippen MR) is 75.3 cm³/mol. The van der Waals surface area contributed by atoms with Crippen LogP contribution in [0.25, 0.3) is 6.08 Å². The van der Waals surface area contributed by atoms with E-state index >= 15 is 0 Å². The molecule has 1 aromatic rings. The molecule has 21 heavy (non-hydrogen) atoms. The molecule has 0 saturated carbocycles. The van der Waals surface area contributed by atoms with Crippen LogP contribution in [0.5, 0.6) is 11.5 Å². The Labute approximate surface area is 125 Å². The highest BCUT2D eigenvalue weighted by Gasteiger charge is 2.21. The summed E-state index contributed by atoms with van der Waals surface area (Å²) in [6.45, 7) is -0.630.